The molecule has 1 unspecified atom stereocenters. The van der Waals surface area contributed by atoms with Gasteiger partial charge in [-0.2, -0.15) is 4.31 Å². The Morgan fingerprint density at radius 1 is 1.41 bits per heavy atom. The van der Waals surface area contributed by atoms with Gasteiger partial charge in [0.2, 0.25) is 5.09 Å². The molecule has 1 aromatic heterocycles. The first kappa shape index (κ1) is 13.9. The molecule has 1 atom stereocenters. The Balaban J connectivity index is 3.12. The van der Waals surface area contributed by atoms with Gasteiger partial charge in [0.15, 0.2) is 12.0 Å². The SMILES string of the molecule is CCC(C)N(CC)S(=O)(=O)c1ccc(C=O)o1. The summed E-state index contributed by atoms with van der Waals surface area (Å²) in [6.45, 7) is 5.90. The molecular weight excluding hydrogens is 242 g/mol. The predicted molar refractivity (Wildman–Crippen MR) is 63.4 cm³/mol. The van der Waals surface area contributed by atoms with Gasteiger partial charge in [0, 0.05) is 12.6 Å². The number of carbonyl (C=O) groups is 1. The molecular formula is C11H17NO4S. The largest absolute Gasteiger partial charge is 0.440 e. The van der Waals surface area contributed by atoms with E-state index in [0.717, 1.165) is 0 Å². The number of furan rings is 1. The Hall–Kier alpha value is -1.14. The third-order valence-electron chi connectivity index (χ3n) is 2.68. The smallest absolute Gasteiger partial charge is 0.276 e. The second kappa shape index (κ2) is 5.46. The van der Waals surface area contributed by atoms with Gasteiger partial charge in [0.1, 0.15) is 0 Å². The summed E-state index contributed by atoms with van der Waals surface area (Å²) in [7, 11) is -3.64. The summed E-state index contributed by atoms with van der Waals surface area (Å²) in [5.74, 6) is 0.0174. The van der Waals surface area contributed by atoms with E-state index < -0.39 is 10.0 Å². The first-order valence-electron chi connectivity index (χ1n) is 5.54. The lowest BCUT2D eigenvalue weighted by Crippen LogP contribution is -2.37. The zero-order valence-corrected chi connectivity index (χ0v) is 11.0. The Bertz CT molecular complexity index is 477. The number of hydrogen-bond acceptors (Lipinski definition) is 4. The van der Waals surface area contributed by atoms with Crippen molar-refractivity contribution in [2.24, 2.45) is 0 Å². The fraction of sp³-hybridized carbons (Fsp3) is 0.545. The molecule has 0 saturated carbocycles. The summed E-state index contributed by atoms with van der Waals surface area (Å²) < 4.78 is 30.8. The second-order valence-electron chi connectivity index (χ2n) is 3.74. The third kappa shape index (κ3) is 2.76. The van der Waals surface area contributed by atoms with Crippen LogP contribution in [0.15, 0.2) is 21.6 Å². The van der Waals surface area contributed by atoms with E-state index in [0.29, 0.717) is 19.3 Å². The van der Waals surface area contributed by atoms with Crippen molar-refractivity contribution in [3.63, 3.8) is 0 Å². The first-order chi connectivity index (χ1) is 7.97. The molecule has 0 amide bonds. The highest BCUT2D eigenvalue weighted by Gasteiger charge is 2.29. The Morgan fingerprint density at radius 3 is 2.47 bits per heavy atom. The number of carbonyl (C=O) groups excluding carboxylic acids is 1. The highest BCUT2D eigenvalue weighted by molar-refractivity contribution is 7.89. The van der Waals surface area contributed by atoms with E-state index in [2.05, 4.69) is 0 Å². The van der Waals surface area contributed by atoms with Gasteiger partial charge in [-0.25, -0.2) is 8.42 Å². The van der Waals surface area contributed by atoms with Gasteiger partial charge in [-0.1, -0.05) is 13.8 Å². The lowest BCUT2D eigenvalue weighted by Gasteiger charge is -2.24. The highest BCUT2D eigenvalue weighted by Crippen LogP contribution is 2.20. The van der Waals surface area contributed by atoms with E-state index in [1.807, 2.05) is 13.8 Å². The first-order valence-corrected chi connectivity index (χ1v) is 6.98. The number of nitrogens with zero attached hydrogens (tertiary/aromatic N) is 1. The van der Waals surface area contributed by atoms with Crippen LogP contribution in [0.1, 0.15) is 37.7 Å². The molecule has 0 fully saturated rings. The molecule has 0 aromatic carbocycles. The lowest BCUT2D eigenvalue weighted by atomic mass is 10.3. The summed E-state index contributed by atoms with van der Waals surface area (Å²) >= 11 is 0. The molecule has 0 bridgehead atoms. The van der Waals surface area contributed by atoms with Crippen LogP contribution >= 0.6 is 0 Å². The fourth-order valence-corrected chi connectivity index (χ4v) is 3.21. The number of rotatable bonds is 6. The fourth-order valence-electron chi connectivity index (χ4n) is 1.57. The zero-order valence-electron chi connectivity index (χ0n) is 10.2. The molecule has 0 aliphatic carbocycles. The maximum Gasteiger partial charge on any atom is 0.276 e. The normalized spacial score (nSPS) is 13.9. The van der Waals surface area contributed by atoms with Crippen LogP contribution in [-0.4, -0.2) is 31.6 Å². The molecule has 0 saturated heterocycles. The molecule has 96 valence electrons. The molecule has 0 N–H and O–H groups in total. The number of aldehydes is 1. The molecule has 1 heterocycles. The van der Waals surface area contributed by atoms with Crippen molar-refractivity contribution in [1.29, 1.82) is 0 Å². The van der Waals surface area contributed by atoms with Gasteiger partial charge in [-0.15, -0.1) is 0 Å². The van der Waals surface area contributed by atoms with Gasteiger partial charge in [-0.05, 0) is 25.5 Å². The van der Waals surface area contributed by atoms with E-state index in [9.17, 15) is 13.2 Å². The monoisotopic (exact) mass is 259 g/mol. The van der Waals surface area contributed by atoms with Crippen molar-refractivity contribution in [3.05, 3.63) is 17.9 Å². The van der Waals surface area contributed by atoms with Crippen molar-refractivity contribution in [2.75, 3.05) is 6.54 Å². The highest BCUT2D eigenvalue weighted by atomic mass is 32.2. The topological polar surface area (TPSA) is 67.6 Å². The van der Waals surface area contributed by atoms with Gasteiger partial charge in [0.05, 0.1) is 0 Å². The van der Waals surface area contributed by atoms with Gasteiger partial charge in [0.25, 0.3) is 10.0 Å². The molecule has 1 aromatic rings. The van der Waals surface area contributed by atoms with Gasteiger partial charge < -0.3 is 4.42 Å². The van der Waals surface area contributed by atoms with Crippen molar-refractivity contribution in [3.8, 4) is 0 Å². The maximum atomic E-state index is 12.2. The molecule has 0 spiro atoms. The third-order valence-corrected chi connectivity index (χ3v) is 4.64. The summed E-state index contributed by atoms with van der Waals surface area (Å²) in [5.41, 5.74) is 0. The number of sulfonamides is 1. The van der Waals surface area contributed by atoms with Crippen molar-refractivity contribution < 1.29 is 17.6 Å². The van der Waals surface area contributed by atoms with Crippen LogP contribution in [0.25, 0.3) is 0 Å². The van der Waals surface area contributed by atoms with E-state index in [-0.39, 0.29) is 16.9 Å². The maximum absolute atomic E-state index is 12.2. The standard InChI is InChI=1S/C11H17NO4S/c1-4-9(3)12(5-2)17(14,15)11-7-6-10(8-13)16-11/h6-9H,4-5H2,1-3H3. The average Bonchev–Trinajstić information content (AvgIpc) is 2.78. The minimum absolute atomic E-state index is 0.0174. The molecule has 0 radical (unpaired) electrons. The summed E-state index contributed by atoms with van der Waals surface area (Å²) in [6.07, 6.45) is 1.20. The Kier molecular flexibility index (Phi) is 4.47. The van der Waals surface area contributed by atoms with Crippen molar-refractivity contribution in [2.45, 2.75) is 38.3 Å². The molecule has 0 aliphatic heterocycles. The quantitative estimate of drug-likeness (QED) is 0.732. The minimum Gasteiger partial charge on any atom is -0.440 e. The molecule has 17 heavy (non-hydrogen) atoms. The number of hydrogen-bond donors (Lipinski definition) is 0. The van der Waals surface area contributed by atoms with Gasteiger partial charge in [-0.3, -0.25) is 4.79 Å². The van der Waals surface area contributed by atoms with E-state index in [4.69, 9.17) is 4.42 Å². The van der Waals surface area contributed by atoms with Gasteiger partial charge >= 0.3 is 0 Å². The Labute approximate surface area is 101 Å². The summed E-state index contributed by atoms with van der Waals surface area (Å²) in [4.78, 5) is 10.5. The predicted octanol–water partition coefficient (Wildman–Crippen LogP) is 1.90. The van der Waals surface area contributed by atoms with E-state index in [1.165, 1.54) is 16.4 Å². The summed E-state index contributed by atoms with van der Waals surface area (Å²) in [5, 5.41) is -0.179. The lowest BCUT2D eigenvalue weighted by molar-refractivity contribution is 0.109. The van der Waals surface area contributed by atoms with Crippen LogP contribution in [0.4, 0.5) is 0 Å². The minimum atomic E-state index is -3.64. The van der Waals surface area contributed by atoms with Crippen LogP contribution in [-0.2, 0) is 10.0 Å². The van der Waals surface area contributed by atoms with Crippen molar-refractivity contribution >= 4 is 16.3 Å². The van der Waals surface area contributed by atoms with E-state index >= 15 is 0 Å². The molecule has 6 heteroatoms. The molecule has 1 rings (SSSR count). The molecule has 5 nitrogen and oxygen atoms in total. The Morgan fingerprint density at radius 2 is 2.06 bits per heavy atom. The van der Waals surface area contributed by atoms with E-state index in [1.54, 1.807) is 6.92 Å². The van der Waals surface area contributed by atoms with Crippen molar-refractivity contribution in [1.82, 2.24) is 4.31 Å². The summed E-state index contributed by atoms with van der Waals surface area (Å²) in [6, 6.07) is 2.56. The molecule has 0 aliphatic rings. The van der Waals surface area contributed by atoms with Crippen LogP contribution in [0.5, 0.6) is 0 Å². The van der Waals surface area contributed by atoms with Crippen LogP contribution in [0.2, 0.25) is 0 Å². The van der Waals surface area contributed by atoms with Crippen LogP contribution < -0.4 is 0 Å². The van der Waals surface area contributed by atoms with Crippen LogP contribution in [0.3, 0.4) is 0 Å². The average molecular weight is 259 g/mol. The zero-order chi connectivity index (χ0) is 13.1. The van der Waals surface area contributed by atoms with Crippen LogP contribution in [0, 0.1) is 0 Å². The second-order valence-corrected chi connectivity index (χ2v) is 5.56.